The number of amides is 2. The van der Waals surface area contributed by atoms with E-state index in [2.05, 4.69) is 35.8 Å². The summed E-state index contributed by atoms with van der Waals surface area (Å²) in [5, 5.41) is 37.3. The number of nitrogens with one attached hydrogen (secondary N) is 2. The van der Waals surface area contributed by atoms with E-state index < -0.39 is 54.4 Å². The fourth-order valence-corrected chi connectivity index (χ4v) is 12.2. The highest BCUT2D eigenvalue weighted by Crippen LogP contribution is 2.54. The van der Waals surface area contributed by atoms with Gasteiger partial charge in [0.25, 0.3) is 0 Å². The summed E-state index contributed by atoms with van der Waals surface area (Å²) in [6.07, 6.45) is 1.06. The topological polar surface area (TPSA) is 241 Å². The van der Waals surface area contributed by atoms with Crippen molar-refractivity contribution in [1.29, 1.82) is 0 Å². The molecule has 12 rings (SSSR count). The molecular formula is C60H65F3N12O7. The highest BCUT2D eigenvalue weighted by Gasteiger charge is 2.45. The van der Waals surface area contributed by atoms with Crippen LogP contribution >= 0.6 is 0 Å². The van der Waals surface area contributed by atoms with Crippen molar-refractivity contribution in [2.24, 2.45) is 5.92 Å². The van der Waals surface area contributed by atoms with E-state index in [4.69, 9.17) is 29.9 Å². The summed E-state index contributed by atoms with van der Waals surface area (Å²) in [6.45, 7) is 7.02. The highest BCUT2D eigenvalue weighted by molar-refractivity contribution is 6.01. The van der Waals surface area contributed by atoms with Gasteiger partial charge in [0.2, 0.25) is 11.8 Å². The number of anilines is 2. The van der Waals surface area contributed by atoms with Crippen molar-refractivity contribution in [2.75, 3.05) is 50.1 Å². The normalized spacial score (nSPS) is 20.9. The molecule has 5 aliphatic rings. The lowest BCUT2D eigenvalue weighted by atomic mass is 9.92. The van der Waals surface area contributed by atoms with Crippen LogP contribution in [0.25, 0.3) is 44.7 Å². The standard InChI is InChI=1S/C60H65F3N12O7/c1-32(2)54(58(79)74-28-41(77)24-48(74)57(78)67-47(30-76)38-15-13-36(14-16-38)45-6-4-5-19-65-45)75-29-46(71-72-75)37-9-7-34(8-10-37)31-81-55-50(53-51(60(61,62)63)33(3)22-49(64)68-53)43(35-11-12-35)25-44-52(55)69-59(82-42-17-20-80-21-18-42)70-56(44)73-27-39-23-40(73)26-66-39/h4-10,13-16,19,22,25,29,32,35,39-42,47-48,54,66,76-77H,11-12,17-18,20-21,23-24,26-28,30-31H2,1-3H3,(H2,64,68)(H,67,78)/t39-,40-,41+,47-,48-,54-/m0/s1. The van der Waals surface area contributed by atoms with E-state index in [0.29, 0.717) is 77.3 Å². The van der Waals surface area contributed by atoms with Crippen LogP contribution in [0.3, 0.4) is 0 Å². The second-order valence-corrected chi connectivity index (χ2v) is 22.6. The van der Waals surface area contributed by atoms with E-state index in [1.165, 1.54) is 22.6 Å². The van der Waals surface area contributed by atoms with Gasteiger partial charge in [-0.05, 0) is 84.5 Å². The summed E-state index contributed by atoms with van der Waals surface area (Å²) in [4.78, 5) is 51.2. The van der Waals surface area contributed by atoms with Crippen LogP contribution in [0.1, 0.15) is 98.2 Å². The van der Waals surface area contributed by atoms with Gasteiger partial charge in [0.15, 0.2) is 5.75 Å². The third-order valence-electron chi connectivity index (χ3n) is 16.4. The smallest absolute Gasteiger partial charge is 0.418 e. The first-order chi connectivity index (χ1) is 39.6. The number of halogens is 3. The number of hydrogen-bond donors (Lipinski definition) is 5. The van der Waals surface area contributed by atoms with Crippen molar-refractivity contribution < 1.29 is 47.2 Å². The number of rotatable bonds is 17. The van der Waals surface area contributed by atoms with Gasteiger partial charge in [0.1, 0.15) is 47.6 Å². The van der Waals surface area contributed by atoms with Gasteiger partial charge < -0.3 is 50.6 Å². The maximum Gasteiger partial charge on any atom is 0.418 e. The van der Waals surface area contributed by atoms with E-state index in [0.717, 1.165) is 37.1 Å². The molecule has 6 atom stereocenters. The molecule has 4 aliphatic heterocycles. The van der Waals surface area contributed by atoms with Crippen molar-refractivity contribution in [2.45, 2.75) is 120 Å². The molecule has 0 spiro atoms. The Labute approximate surface area is 471 Å². The number of pyridine rings is 2. The fraction of sp³-hybridized carbons (Fsp3) is 0.433. The number of ether oxygens (including phenoxy) is 3. The summed E-state index contributed by atoms with van der Waals surface area (Å²) in [5.41, 5.74) is 10.2. The Morgan fingerprint density at radius 1 is 0.939 bits per heavy atom. The molecule has 19 nitrogen and oxygen atoms in total. The molecule has 22 heteroatoms. The molecule has 2 bridgehead atoms. The monoisotopic (exact) mass is 1120 g/mol. The van der Waals surface area contributed by atoms with Crippen molar-refractivity contribution in [3.05, 3.63) is 119 Å². The number of nitrogen functional groups attached to an aromatic ring is 1. The molecular weight excluding hydrogens is 1060 g/mol. The number of piperazine rings is 1. The predicted octanol–water partition coefficient (Wildman–Crippen LogP) is 7.50. The maximum atomic E-state index is 15.4. The molecule has 3 aromatic carbocycles. The molecule has 7 aromatic rings. The largest absolute Gasteiger partial charge is 0.486 e. The van der Waals surface area contributed by atoms with Crippen LogP contribution in [-0.2, 0) is 27.1 Å². The Bertz CT molecular complexity index is 3490. The van der Waals surface area contributed by atoms with Gasteiger partial charge in [-0.2, -0.15) is 23.1 Å². The summed E-state index contributed by atoms with van der Waals surface area (Å²) < 4.78 is 66.6. The number of hydrogen-bond acceptors (Lipinski definition) is 16. The Morgan fingerprint density at radius 3 is 2.37 bits per heavy atom. The van der Waals surface area contributed by atoms with E-state index in [1.807, 2.05) is 86.6 Å². The SMILES string of the molecule is Cc1cc(N)nc(-c2c(C3CC3)cc3c(N4C[C@@H]5C[C@H]4CN5)nc(OC4CCOCC4)nc3c2OCc2ccc(-c3cn([C@H](C(=O)N4C[C@H](O)C[C@H]4C(=O)N[C@@H](CO)c4ccc(-c5ccccn5)cc4)C(C)C)nn3)cc2)c1C(F)(F)F. The Morgan fingerprint density at radius 2 is 1.70 bits per heavy atom. The molecule has 1 saturated carbocycles. The number of carbonyl (C=O) groups excluding carboxylic acids is 2. The zero-order valence-corrected chi connectivity index (χ0v) is 45.7. The highest BCUT2D eigenvalue weighted by atomic mass is 19.4. The molecule has 8 heterocycles. The van der Waals surface area contributed by atoms with Crippen molar-refractivity contribution in [1.82, 2.24) is 50.5 Å². The molecule has 2 amide bonds. The number of aryl methyl sites for hydroxylation is 1. The minimum atomic E-state index is -4.79. The molecule has 0 unspecified atom stereocenters. The number of aromatic nitrogens is 7. The first-order valence-corrected chi connectivity index (χ1v) is 28.1. The fourth-order valence-electron chi connectivity index (χ4n) is 12.2. The number of benzene rings is 3. The Hall–Kier alpha value is -7.79. The number of nitrogens with two attached hydrogens (primary N) is 1. The summed E-state index contributed by atoms with van der Waals surface area (Å²) >= 11 is 0. The molecule has 1 aliphatic carbocycles. The lowest BCUT2D eigenvalue weighted by Gasteiger charge is -2.31. The average molecular weight is 1120 g/mol. The third kappa shape index (κ3) is 11.0. The quantitative estimate of drug-likeness (QED) is 0.0593. The molecule has 5 fully saturated rings. The van der Waals surface area contributed by atoms with Gasteiger partial charge in [-0.15, -0.1) is 5.10 Å². The first kappa shape index (κ1) is 54.8. The zero-order valence-electron chi connectivity index (χ0n) is 45.7. The van der Waals surface area contributed by atoms with Crippen LogP contribution in [-0.4, -0.2) is 132 Å². The van der Waals surface area contributed by atoms with Crippen LogP contribution in [0.2, 0.25) is 0 Å². The molecule has 82 heavy (non-hydrogen) atoms. The van der Waals surface area contributed by atoms with Gasteiger partial charge >= 0.3 is 12.2 Å². The first-order valence-electron chi connectivity index (χ1n) is 28.1. The number of nitrogens with zero attached hydrogens (tertiary/aromatic N) is 9. The van der Waals surface area contributed by atoms with Gasteiger partial charge in [-0.1, -0.05) is 73.7 Å². The van der Waals surface area contributed by atoms with Crippen LogP contribution < -0.4 is 30.7 Å². The van der Waals surface area contributed by atoms with Gasteiger partial charge in [0, 0.05) is 79.3 Å². The Balaban J connectivity index is 0.830. The lowest BCUT2D eigenvalue weighted by Crippen LogP contribution is -2.50. The van der Waals surface area contributed by atoms with Crippen LogP contribution in [0, 0.1) is 12.8 Å². The van der Waals surface area contributed by atoms with Crippen molar-refractivity contribution >= 4 is 34.4 Å². The zero-order chi connectivity index (χ0) is 57.0. The van der Waals surface area contributed by atoms with Gasteiger partial charge in [0.05, 0.1) is 55.1 Å². The molecule has 0 radical (unpaired) electrons. The van der Waals surface area contributed by atoms with Crippen LogP contribution in [0.5, 0.6) is 11.8 Å². The van der Waals surface area contributed by atoms with E-state index in [-0.39, 0.29) is 84.0 Å². The van der Waals surface area contributed by atoms with E-state index >= 15 is 13.2 Å². The minimum Gasteiger partial charge on any atom is -0.486 e. The number of aliphatic hydroxyl groups is 2. The third-order valence-corrected chi connectivity index (χ3v) is 16.4. The van der Waals surface area contributed by atoms with Gasteiger partial charge in [-0.3, -0.25) is 14.6 Å². The molecule has 4 aromatic heterocycles. The predicted molar refractivity (Wildman–Crippen MR) is 298 cm³/mol. The number of likely N-dealkylation sites (tertiary alicyclic amines) is 1. The number of alkyl halides is 3. The minimum absolute atomic E-state index is 0.00545. The van der Waals surface area contributed by atoms with Crippen LogP contribution in [0.4, 0.5) is 24.8 Å². The average Bonchev–Trinajstić information content (AvgIpc) is 3.94. The van der Waals surface area contributed by atoms with Crippen LogP contribution in [0.15, 0.2) is 91.3 Å². The summed E-state index contributed by atoms with van der Waals surface area (Å²) in [5.74, 6) is -0.644. The summed E-state index contributed by atoms with van der Waals surface area (Å²) in [7, 11) is 0. The van der Waals surface area contributed by atoms with Crippen molar-refractivity contribution in [3.63, 3.8) is 0 Å². The van der Waals surface area contributed by atoms with Gasteiger partial charge in [-0.25, -0.2) is 9.67 Å². The Kier molecular flexibility index (Phi) is 15.0. The number of carbonyl (C=O) groups is 2. The number of fused-ring (bicyclic) bond motifs is 3. The maximum absolute atomic E-state index is 15.4. The summed E-state index contributed by atoms with van der Waals surface area (Å²) in [6, 6.07) is 21.2. The second kappa shape index (κ2) is 22.5. The van der Waals surface area contributed by atoms with Crippen molar-refractivity contribution in [3.8, 4) is 45.5 Å². The lowest BCUT2D eigenvalue weighted by molar-refractivity contribution is -0.142. The molecule has 4 saturated heterocycles. The number of β-amino-alcohol motifs (C(OH)–C–C–N with tert-alkyl or cyclic N) is 1. The second-order valence-electron chi connectivity index (χ2n) is 22.6. The van der Waals surface area contributed by atoms with E-state index in [1.54, 1.807) is 12.4 Å². The molecule has 428 valence electrons. The number of aliphatic hydroxyl groups excluding tert-OH is 2. The molecule has 6 N–H and O–H groups in total. The van der Waals surface area contributed by atoms with E-state index in [9.17, 15) is 19.8 Å².